The second-order valence-corrected chi connectivity index (χ2v) is 4.93. The zero-order valence-electron chi connectivity index (χ0n) is 11.9. The lowest BCUT2D eigenvalue weighted by Gasteiger charge is -2.07. The molecule has 11 nitrogen and oxygen atoms in total. The third kappa shape index (κ3) is 2.77. The third-order valence-corrected chi connectivity index (χ3v) is 3.23. The van der Waals surface area contributed by atoms with Crippen molar-refractivity contribution in [3.8, 4) is 0 Å². The van der Waals surface area contributed by atoms with E-state index in [9.17, 15) is 14.4 Å². The number of carbonyl (C=O) groups excluding carboxylic acids is 2. The minimum Gasteiger partial charge on any atom is -0.364 e. The maximum Gasteiger partial charge on any atom is 0.354 e. The highest BCUT2D eigenvalue weighted by molar-refractivity contribution is 7.71. The zero-order valence-corrected chi connectivity index (χ0v) is 12.7. The summed E-state index contributed by atoms with van der Waals surface area (Å²) in [5, 5.41) is 7.25. The Hall–Kier alpha value is -3.41. The normalized spacial score (nSPS) is 10.7. The van der Waals surface area contributed by atoms with Gasteiger partial charge in [-0.05, 0) is 12.1 Å². The molecule has 0 fully saturated rings. The first-order valence-electron chi connectivity index (χ1n) is 6.47. The van der Waals surface area contributed by atoms with E-state index < -0.39 is 24.1 Å². The van der Waals surface area contributed by atoms with Crippen molar-refractivity contribution < 1.29 is 14.4 Å². The Morgan fingerprint density at radius 1 is 1.33 bits per heavy atom. The number of fused-ring (bicyclic) bond motifs is 1. The minimum absolute atomic E-state index is 0.0950. The van der Waals surface area contributed by atoms with E-state index in [4.69, 9.17) is 22.8 Å². The number of amides is 1. The molecule has 3 heterocycles. The molecule has 0 aromatic carbocycles. The summed E-state index contributed by atoms with van der Waals surface area (Å²) in [6.45, 7) is -0.511. The molecule has 0 aliphatic carbocycles. The summed E-state index contributed by atoms with van der Waals surface area (Å²) < 4.78 is 3.07. The van der Waals surface area contributed by atoms with Gasteiger partial charge in [0.25, 0.3) is 5.91 Å². The Labute approximate surface area is 137 Å². The molecule has 2 N–H and O–H groups in total. The van der Waals surface area contributed by atoms with Crippen LogP contribution in [0.25, 0.3) is 5.65 Å². The number of nitrogens with zero attached hydrogens (tertiary/aromatic N) is 6. The number of aromatic nitrogens is 6. The Morgan fingerprint density at radius 2 is 2.12 bits per heavy atom. The van der Waals surface area contributed by atoms with E-state index in [1.807, 2.05) is 0 Å². The Kier molecular flexibility index (Phi) is 3.87. The highest BCUT2D eigenvalue weighted by atomic mass is 32.1. The van der Waals surface area contributed by atoms with Crippen LogP contribution in [0.2, 0.25) is 0 Å². The van der Waals surface area contributed by atoms with E-state index in [2.05, 4.69) is 15.3 Å². The highest BCUT2D eigenvalue weighted by Gasteiger charge is 2.17. The van der Waals surface area contributed by atoms with Crippen LogP contribution in [-0.4, -0.2) is 41.0 Å². The largest absolute Gasteiger partial charge is 0.364 e. The SMILES string of the molecule is NC(=O)c1ncn2c(=O)n(CC(=O)On3ccccc3=S)nnc12. The smallest absolute Gasteiger partial charge is 0.354 e. The number of imidazole rings is 1. The van der Waals surface area contributed by atoms with Gasteiger partial charge < -0.3 is 10.6 Å². The van der Waals surface area contributed by atoms with Crippen molar-refractivity contribution in [2.45, 2.75) is 6.54 Å². The molecule has 0 aliphatic rings. The fraction of sp³-hybridized carbons (Fsp3) is 0.0833. The molecule has 3 aromatic heterocycles. The van der Waals surface area contributed by atoms with E-state index >= 15 is 0 Å². The van der Waals surface area contributed by atoms with Crippen molar-refractivity contribution in [3.63, 3.8) is 0 Å². The monoisotopic (exact) mass is 347 g/mol. The van der Waals surface area contributed by atoms with Crippen LogP contribution >= 0.6 is 12.2 Å². The molecule has 3 aromatic rings. The van der Waals surface area contributed by atoms with Crippen LogP contribution in [0.3, 0.4) is 0 Å². The number of hydrogen-bond acceptors (Lipinski definition) is 8. The first kappa shape index (κ1) is 15.5. The summed E-state index contributed by atoms with van der Waals surface area (Å²) in [7, 11) is 0. The van der Waals surface area contributed by atoms with Gasteiger partial charge in [-0.25, -0.2) is 19.0 Å². The van der Waals surface area contributed by atoms with Gasteiger partial charge in [0, 0.05) is 6.20 Å². The predicted octanol–water partition coefficient (Wildman–Crippen LogP) is -1.43. The molecule has 0 aliphatic heterocycles. The van der Waals surface area contributed by atoms with Crippen LogP contribution < -0.4 is 16.3 Å². The topological polar surface area (TPSA) is 139 Å². The fourth-order valence-electron chi connectivity index (χ4n) is 1.86. The Morgan fingerprint density at radius 3 is 2.83 bits per heavy atom. The van der Waals surface area contributed by atoms with Gasteiger partial charge in [0.2, 0.25) is 0 Å². The Balaban J connectivity index is 1.88. The summed E-state index contributed by atoms with van der Waals surface area (Å²) in [4.78, 5) is 44.0. The highest BCUT2D eigenvalue weighted by Crippen LogP contribution is 2.00. The number of nitrogens with two attached hydrogens (primary N) is 1. The quantitative estimate of drug-likeness (QED) is 0.567. The average molecular weight is 347 g/mol. The molecule has 0 saturated heterocycles. The predicted molar refractivity (Wildman–Crippen MR) is 80.4 cm³/mol. The van der Waals surface area contributed by atoms with Crippen molar-refractivity contribution in [2.24, 2.45) is 5.73 Å². The van der Waals surface area contributed by atoms with Crippen molar-refractivity contribution in [2.75, 3.05) is 0 Å². The summed E-state index contributed by atoms with van der Waals surface area (Å²) in [6.07, 6.45) is 2.52. The van der Waals surface area contributed by atoms with E-state index in [1.54, 1.807) is 18.2 Å². The molecular formula is C12H9N7O4S. The van der Waals surface area contributed by atoms with Crippen molar-refractivity contribution in [3.05, 3.63) is 51.5 Å². The molecule has 122 valence electrons. The Bertz CT molecular complexity index is 1070. The van der Waals surface area contributed by atoms with E-state index in [0.717, 1.165) is 20.1 Å². The van der Waals surface area contributed by atoms with Crippen molar-refractivity contribution in [1.82, 2.24) is 29.1 Å². The lowest BCUT2D eigenvalue weighted by molar-refractivity contribution is -0.145. The van der Waals surface area contributed by atoms with Crippen LogP contribution in [0.5, 0.6) is 0 Å². The summed E-state index contributed by atoms with van der Waals surface area (Å²) in [5.74, 6) is -1.63. The number of pyridine rings is 1. The van der Waals surface area contributed by atoms with E-state index in [-0.39, 0.29) is 16.0 Å². The maximum absolute atomic E-state index is 12.2. The molecule has 3 rings (SSSR count). The first-order chi connectivity index (χ1) is 11.5. The summed E-state index contributed by atoms with van der Waals surface area (Å²) in [5.41, 5.74) is 4.10. The van der Waals surface area contributed by atoms with Crippen molar-refractivity contribution in [1.29, 1.82) is 0 Å². The molecule has 12 heteroatoms. The molecule has 24 heavy (non-hydrogen) atoms. The molecular weight excluding hydrogens is 338 g/mol. The van der Waals surface area contributed by atoms with Gasteiger partial charge in [-0.2, -0.15) is 9.41 Å². The van der Waals surface area contributed by atoms with Gasteiger partial charge >= 0.3 is 11.7 Å². The van der Waals surface area contributed by atoms with Gasteiger partial charge in [0.05, 0.1) is 0 Å². The molecule has 0 bridgehead atoms. The number of carbonyl (C=O) groups is 2. The van der Waals surface area contributed by atoms with Gasteiger partial charge in [-0.15, -0.1) is 5.10 Å². The van der Waals surface area contributed by atoms with Gasteiger partial charge in [0.1, 0.15) is 17.5 Å². The lowest BCUT2D eigenvalue weighted by Crippen LogP contribution is -2.35. The van der Waals surface area contributed by atoms with E-state index in [1.165, 1.54) is 6.20 Å². The number of rotatable bonds is 4. The zero-order chi connectivity index (χ0) is 17.3. The first-order valence-corrected chi connectivity index (χ1v) is 6.87. The van der Waals surface area contributed by atoms with Crippen LogP contribution in [0.15, 0.2) is 35.5 Å². The van der Waals surface area contributed by atoms with Crippen LogP contribution in [-0.2, 0) is 11.3 Å². The van der Waals surface area contributed by atoms with Gasteiger partial charge in [-0.3, -0.25) is 4.79 Å². The molecule has 0 radical (unpaired) electrons. The lowest BCUT2D eigenvalue weighted by atomic mass is 10.4. The van der Waals surface area contributed by atoms with Gasteiger partial charge in [0.15, 0.2) is 11.3 Å². The van der Waals surface area contributed by atoms with Crippen molar-refractivity contribution >= 4 is 29.7 Å². The molecule has 0 unspecified atom stereocenters. The average Bonchev–Trinajstić information content (AvgIpc) is 2.97. The number of primary amides is 1. The van der Waals surface area contributed by atoms with Gasteiger partial charge in [-0.1, -0.05) is 23.5 Å². The fourth-order valence-corrected chi connectivity index (χ4v) is 2.04. The van der Waals surface area contributed by atoms with E-state index in [0.29, 0.717) is 0 Å². The molecule has 0 spiro atoms. The molecule has 1 amide bonds. The third-order valence-electron chi connectivity index (χ3n) is 2.92. The molecule has 0 atom stereocenters. The van der Waals surface area contributed by atoms with Crippen LogP contribution in [0.1, 0.15) is 10.5 Å². The van der Waals surface area contributed by atoms with Crippen LogP contribution in [0, 0.1) is 4.64 Å². The van der Waals surface area contributed by atoms with Crippen LogP contribution in [0.4, 0.5) is 0 Å². The maximum atomic E-state index is 12.2. The summed E-state index contributed by atoms with van der Waals surface area (Å²) in [6, 6.07) is 4.88. The second kappa shape index (κ2) is 6.00. The number of hydrogen-bond donors (Lipinski definition) is 1. The standard InChI is InChI=1S/C12H9N7O4S/c13-10(21)9-11-15-16-18(12(22)17(11)6-14-9)5-8(20)23-19-4-2-1-3-7(19)24/h1-4,6H,5H2,(H2,13,21). The molecule has 0 saturated carbocycles. The minimum atomic E-state index is -0.846. The summed E-state index contributed by atoms with van der Waals surface area (Å²) >= 11 is 4.98. The second-order valence-electron chi connectivity index (χ2n) is 4.51.